The Morgan fingerprint density at radius 3 is 2.34 bits per heavy atom. The van der Waals surface area contributed by atoms with Gasteiger partial charge in [-0.1, -0.05) is 42.0 Å². The van der Waals surface area contributed by atoms with Crippen LogP contribution in [-0.4, -0.2) is 29.5 Å². The van der Waals surface area contributed by atoms with E-state index in [1.54, 1.807) is 12.1 Å². The number of hydrogen-bond acceptors (Lipinski definition) is 5. The highest BCUT2D eigenvalue weighted by molar-refractivity contribution is 7.87. The minimum Gasteiger partial charge on any atom is -0.478 e. The van der Waals surface area contributed by atoms with E-state index >= 15 is 0 Å². The van der Waals surface area contributed by atoms with E-state index in [2.05, 4.69) is 14.7 Å². The van der Waals surface area contributed by atoms with Crippen LogP contribution in [0.4, 0.5) is 4.39 Å². The molecule has 0 aliphatic heterocycles. The molecule has 0 aliphatic carbocycles. The van der Waals surface area contributed by atoms with Crippen molar-refractivity contribution in [3.8, 4) is 11.4 Å². The van der Waals surface area contributed by atoms with Crippen molar-refractivity contribution in [2.45, 2.75) is 13.5 Å². The number of aryl methyl sites for hydroxylation is 1. The lowest BCUT2D eigenvalue weighted by atomic mass is 10.1. The first-order valence-electron chi connectivity index (χ1n) is 8.28. The maximum atomic E-state index is 12.9. The molecule has 0 saturated carbocycles. The highest BCUT2D eigenvalue weighted by Crippen LogP contribution is 2.15. The van der Waals surface area contributed by atoms with Crippen LogP contribution in [0.2, 0.25) is 0 Å². The maximum absolute atomic E-state index is 12.9. The molecule has 4 N–H and O–H groups in total. The number of benzene rings is 2. The molecule has 10 heteroatoms. The van der Waals surface area contributed by atoms with Gasteiger partial charge < -0.3 is 5.11 Å². The average Bonchev–Trinajstić information content (AvgIpc) is 2.67. The minimum atomic E-state index is -3.59. The monoisotopic (exact) mass is 418 g/mol. The van der Waals surface area contributed by atoms with Crippen molar-refractivity contribution in [1.82, 2.24) is 14.7 Å². The largest absolute Gasteiger partial charge is 0.478 e. The maximum Gasteiger partial charge on any atom is 0.338 e. The van der Waals surface area contributed by atoms with E-state index in [1.807, 2.05) is 31.2 Å². The molecule has 0 bridgehead atoms. The molecule has 0 amide bonds. The van der Waals surface area contributed by atoms with E-state index in [4.69, 9.17) is 10.2 Å². The Balaban J connectivity index is 0.000000212. The minimum absolute atomic E-state index is 0.000142. The smallest absolute Gasteiger partial charge is 0.338 e. The summed E-state index contributed by atoms with van der Waals surface area (Å²) in [6, 6.07) is 13.3. The van der Waals surface area contributed by atoms with Crippen LogP contribution in [0.5, 0.6) is 0 Å². The summed E-state index contributed by atoms with van der Waals surface area (Å²) in [4.78, 5) is 18.3. The molecule has 2 aromatic carbocycles. The van der Waals surface area contributed by atoms with Crippen LogP contribution in [0.25, 0.3) is 11.4 Å². The fourth-order valence-electron chi connectivity index (χ4n) is 2.22. The molecule has 3 rings (SSSR count). The second-order valence-corrected chi connectivity index (χ2v) is 7.34. The van der Waals surface area contributed by atoms with Gasteiger partial charge in [0, 0.05) is 24.5 Å². The van der Waals surface area contributed by atoms with Crippen molar-refractivity contribution in [2.75, 3.05) is 0 Å². The van der Waals surface area contributed by atoms with Crippen molar-refractivity contribution < 1.29 is 22.7 Å². The van der Waals surface area contributed by atoms with Crippen LogP contribution in [0.1, 0.15) is 21.5 Å². The molecular weight excluding hydrogens is 399 g/mol. The zero-order valence-electron chi connectivity index (χ0n) is 15.4. The molecule has 152 valence electrons. The summed E-state index contributed by atoms with van der Waals surface area (Å²) in [6.07, 6.45) is 2.38. The first-order valence-corrected chi connectivity index (χ1v) is 9.83. The molecule has 0 radical (unpaired) electrons. The topological polar surface area (TPSA) is 135 Å². The molecule has 0 atom stereocenters. The van der Waals surface area contributed by atoms with Gasteiger partial charge in [0.05, 0.1) is 5.56 Å². The second kappa shape index (κ2) is 9.82. The van der Waals surface area contributed by atoms with Crippen molar-refractivity contribution in [3.05, 3.63) is 83.4 Å². The summed E-state index contributed by atoms with van der Waals surface area (Å²) < 4.78 is 36.2. The number of rotatable bonds is 5. The normalized spacial score (nSPS) is 10.7. The van der Waals surface area contributed by atoms with E-state index in [1.165, 1.54) is 24.5 Å². The molecule has 8 nitrogen and oxygen atoms in total. The Morgan fingerprint density at radius 1 is 1.14 bits per heavy atom. The van der Waals surface area contributed by atoms with Crippen molar-refractivity contribution in [3.63, 3.8) is 0 Å². The first kappa shape index (κ1) is 22.1. The van der Waals surface area contributed by atoms with Gasteiger partial charge in [-0.2, -0.15) is 13.1 Å². The van der Waals surface area contributed by atoms with E-state index < -0.39 is 16.2 Å². The zero-order valence-corrected chi connectivity index (χ0v) is 16.2. The predicted octanol–water partition coefficient (Wildman–Crippen LogP) is 2.27. The molecule has 1 aromatic heterocycles. The number of carboxylic acid groups (broad SMARTS) is 1. The Bertz CT molecular complexity index is 1090. The van der Waals surface area contributed by atoms with Gasteiger partial charge in [0.1, 0.15) is 5.82 Å². The Morgan fingerprint density at radius 2 is 1.79 bits per heavy atom. The lowest BCUT2D eigenvalue weighted by molar-refractivity contribution is 0.0696. The number of nitrogens with one attached hydrogen (secondary N) is 1. The van der Waals surface area contributed by atoms with Crippen LogP contribution >= 0.6 is 0 Å². The number of aromatic carboxylic acids is 1. The molecule has 29 heavy (non-hydrogen) atoms. The Labute approximate surface area is 167 Å². The van der Waals surface area contributed by atoms with E-state index in [9.17, 15) is 17.6 Å². The standard InChI is InChI=1S/C11H7FN2O2.C8H12N2O2S/c12-9-3-1-2-7(4-9)10-13-5-8(6-14-10)11(15)16;1-7-3-2-4-8(5-7)6-10-13(9,11)12/h1-6H,(H,15,16);2-5,10H,6H2,1H3,(H2,9,11,12). The lowest BCUT2D eigenvalue weighted by Gasteiger charge is -2.02. The van der Waals surface area contributed by atoms with Crippen molar-refractivity contribution >= 4 is 16.2 Å². The SMILES string of the molecule is Cc1cccc(CNS(N)(=O)=O)c1.O=C(O)c1cnc(-c2cccc(F)c2)nc1. The van der Waals surface area contributed by atoms with Gasteiger partial charge in [0.2, 0.25) is 0 Å². The summed E-state index contributed by atoms with van der Waals surface area (Å²) in [5, 5.41) is 13.4. The van der Waals surface area contributed by atoms with Crippen LogP contribution in [0.15, 0.2) is 60.9 Å². The van der Waals surface area contributed by atoms with Gasteiger partial charge in [-0.05, 0) is 24.6 Å². The van der Waals surface area contributed by atoms with Gasteiger partial charge in [-0.3, -0.25) is 0 Å². The third kappa shape index (κ3) is 7.74. The number of carbonyl (C=O) groups is 1. The summed E-state index contributed by atoms with van der Waals surface area (Å²) in [5.74, 6) is -1.18. The predicted molar refractivity (Wildman–Crippen MR) is 106 cm³/mol. The van der Waals surface area contributed by atoms with Gasteiger partial charge in [-0.15, -0.1) is 0 Å². The number of nitrogens with two attached hydrogens (primary N) is 1. The summed E-state index contributed by atoms with van der Waals surface area (Å²) in [6.45, 7) is 2.18. The Hall–Kier alpha value is -3.21. The highest BCUT2D eigenvalue weighted by atomic mass is 32.2. The summed E-state index contributed by atoms with van der Waals surface area (Å²) >= 11 is 0. The third-order valence-corrected chi connectivity index (χ3v) is 4.09. The van der Waals surface area contributed by atoms with E-state index in [0.29, 0.717) is 11.4 Å². The third-order valence-electron chi connectivity index (χ3n) is 3.54. The van der Waals surface area contributed by atoms with Crippen LogP contribution in [-0.2, 0) is 16.8 Å². The molecular formula is C19H19FN4O4S. The molecule has 0 spiro atoms. The molecule has 0 unspecified atom stereocenters. The van der Waals surface area contributed by atoms with Gasteiger partial charge in [0.15, 0.2) is 5.82 Å². The van der Waals surface area contributed by atoms with Gasteiger partial charge in [0.25, 0.3) is 10.2 Å². The quantitative estimate of drug-likeness (QED) is 0.582. The van der Waals surface area contributed by atoms with Gasteiger partial charge in [-0.25, -0.2) is 24.3 Å². The lowest BCUT2D eigenvalue weighted by Crippen LogP contribution is -2.30. The molecule has 0 fully saturated rings. The molecule has 1 heterocycles. The highest BCUT2D eigenvalue weighted by Gasteiger charge is 2.06. The zero-order chi connectivity index (χ0) is 21.4. The first-order chi connectivity index (χ1) is 13.6. The second-order valence-electron chi connectivity index (χ2n) is 5.97. The van der Waals surface area contributed by atoms with E-state index in [0.717, 1.165) is 11.1 Å². The Kier molecular flexibility index (Phi) is 7.48. The average molecular weight is 418 g/mol. The summed E-state index contributed by atoms with van der Waals surface area (Å²) in [5.41, 5.74) is 2.50. The number of nitrogens with zero attached hydrogens (tertiary/aromatic N) is 2. The summed E-state index contributed by atoms with van der Waals surface area (Å²) in [7, 11) is -3.59. The fraction of sp³-hybridized carbons (Fsp3) is 0.105. The van der Waals surface area contributed by atoms with Gasteiger partial charge >= 0.3 is 5.97 Å². The van der Waals surface area contributed by atoms with E-state index in [-0.39, 0.29) is 17.9 Å². The van der Waals surface area contributed by atoms with Crippen molar-refractivity contribution in [1.29, 1.82) is 0 Å². The number of aromatic nitrogens is 2. The fourth-order valence-corrected chi connectivity index (χ4v) is 2.59. The number of carboxylic acids is 1. The molecule has 3 aromatic rings. The molecule has 0 saturated heterocycles. The number of halogens is 1. The van der Waals surface area contributed by atoms with Crippen LogP contribution in [0.3, 0.4) is 0 Å². The van der Waals surface area contributed by atoms with Crippen molar-refractivity contribution in [2.24, 2.45) is 5.14 Å². The molecule has 0 aliphatic rings. The van der Waals surface area contributed by atoms with Crippen LogP contribution in [0, 0.1) is 12.7 Å². The number of hydrogen-bond donors (Lipinski definition) is 3. The van der Waals surface area contributed by atoms with Crippen LogP contribution < -0.4 is 9.86 Å².